The van der Waals surface area contributed by atoms with Crippen molar-refractivity contribution in [3.63, 3.8) is 0 Å². The first-order chi connectivity index (χ1) is 13.3. The van der Waals surface area contributed by atoms with Crippen LogP contribution >= 0.6 is 23.2 Å². The van der Waals surface area contributed by atoms with Crippen LogP contribution in [-0.4, -0.2) is 31.7 Å². The molecule has 1 N–H and O–H groups in total. The first-order valence-electron chi connectivity index (χ1n) is 9.06. The van der Waals surface area contributed by atoms with E-state index in [9.17, 15) is 13.2 Å². The van der Waals surface area contributed by atoms with Crippen molar-refractivity contribution in [2.75, 3.05) is 13.1 Å². The van der Waals surface area contributed by atoms with Gasteiger partial charge in [-0.15, -0.1) is 0 Å². The van der Waals surface area contributed by atoms with Crippen molar-refractivity contribution in [2.24, 2.45) is 5.92 Å². The maximum absolute atomic E-state index is 13.0. The molecule has 1 amide bonds. The third-order valence-corrected chi connectivity index (χ3v) is 7.40. The highest BCUT2D eigenvalue weighted by Crippen LogP contribution is 2.30. The van der Waals surface area contributed by atoms with Gasteiger partial charge < -0.3 is 5.32 Å². The molecule has 0 saturated carbocycles. The lowest BCUT2D eigenvalue weighted by atomic mass is 9.98. The van der Waals surface area contributed by atoms with Crippen molar-refractivity contribution >= 4 is 39.1 Å². The summed E-state index contributed by atoms with van der Waals surface area (Å²) in [5, 5.41) is 3.34. The molecule has 0 radical (unpaired) electrons. The molecule has 2 aromatic rings. The quantitative estimate of drug-likeness (QED) is 0.762. The predicted octanol–water partition coefficient (Wildman–Crippen LogP) is 4.02. The Morgan fingerprint density at radius 3 is 2.75 bits per heavy atom. The Bertz CT molecular complexity index is 979. The van der Waals surface area contributed by atoms with E-state index >= 15 is 0 Å². The lowest BCUT2D eigenvalue weighted by Crippen LogP contribution is -2.45. The number of nitrogens with one attached hydrogen (secondary N) is 1. The van der Waals surface area contributed by atoms with Crippen molar-refractivity contribution in [1.29, 1.82) is 0 Å². The van der Waals surface area contributed by atoms with Gasteiger partial charge in [0, 0.05) is 24.7 Å². The Kier molecular flexibility index (Phi) is 6.65. The van der Waals surface area contributed by atoms with Gasteiger partial charge in [0.2, 0.25) is 15.9 Å². The molecule has 0 aromatic heterocycles. The van der Waals surface area contributed by atoms with Crippen molar-refractivity contribution in [3.8, 4) is 0 Å². The minimum atomic E-state index is -3.82. The van der Waals surface area contributed by atoms with Gasteiger partial charge >= 0.3 is 0 Å². The van der Waals surface area contributed by atoms with Crippen molar-refractivity contribution in [3.05, 3.63) is 63.6 Å². The van der Waals surface area contributed by atoms with E-state index in [-0.39, 0.29) is 22.4 Å². The standard InChI is InChI=1S/C20H22Cl2N2O3S/c1-14-4-2-5-15(10-14)12-23-20(25)16-6-3-9-24(13-16)28(26,27)19-11-17(21)7-8-18(19)22/h2,4-5,7-8,10-11,16H,3,6,9,12-13H2,1H3,(H,23,25)/t16-/m1/s1. The molecular weight excluding hydrogens is 419 g/mol. The van der Waals surface area contributed by atoms with Gasteiger partial charge in [-0.25, -0.2) is 8.42 Å². The van der Waals surface area contributed by atoms with E-state index in [0.717, 1.165) is 11.1 Å². The Morgan fingerprint density at radius 2 is 2.00 bits per heavy atom. The average molecular weight is 441 g/mol. The van der Waals surface area contributed by atoms with Crippen molar-refractivity contribution in [1.82, 2.24) is 9.62 Å². The summed E-state index contributed by atoms with van der Waals surface area (Å²) in [5.74, 6) is -0.537. The van der Waals surface area contributed by atoms with Gasteiger partial charge in [0.25, 0.3) is 0 Å². The molecule has 0 bridgehead atoms. The van der Waals surface area contributed by atoms with Gasteiger partial charge in [0.1, 0.15) is 4.90 Å². The third kappa shape index (κ3) is 4.87. The summed E-state index contributed by atoms with van der Waals surface area (Å²) in [7, 11) is -3.82. The number of amides is 1. The number of hydrogen-bond acceptors (Lipinski definition) is 3. The summed E-state index contributed by atoms with van der Waals surface area (Å²) in [6, 6.07) is 12.3. The number of piperidine rings is 1. The number of rotatable bonds is 5. The van der Waals surface area contributed by atoms with Crippen LogP contribution in [0.3, 0.4) is 0 Å². The monoisotopic (exact) mass is 440 g/mol. The largest absolute Gasteiger partial charge is 0.352 e. The summed E-state index contributed by atoms with van der Waals surface area (Å²) >= 11 is 12.0. The van der Waals surface area contributed by atoms with Crippen LogP contribution in [0.25, 0.3) is 0 Å². The molecule has 28 heavy (non-hydrogen) atoms. The topological polar surface area (TPSA) is 66.5 Å². The molecule has 5 nitrogen and oxygen atoms in total. The zero-order chi connectivity index (χ0) is 20.3. The highest BCUT2D eigenvalue weighted by molar-refractivity contribution is 7.89. The molecule has 1 saturated heterocycles. The van der Waals surface area contributed by atoms with Crippen LogP contribution in [0.2, 0.25) is 10.0 Å². The van der Waals surface area contributed by atoms with Crippen molar-refractivity contribution < 1.29 is 13.2 Å². The fraction of sp³-hybridized carbons (Fsp3) is 0.350. The van der Waals surface area contributed by atoms with Crippen molar-refractivity contribution in [2.45, 2.75) is 31.2 Å². The molecule has 8 heteroatoms. The third-order valence-electron chi connectivity index (χ3n) is 4.82. The van der Waals surface area contributed by atoms with Crippen LogP contribution in [0, 0.1) is 12.8 Å². The Balaban J connectivity index is 1.69. The van der Waals surface area contributed by atoms with E-state index in [2.05, 4.69) is 5.32 Å². The molecule has 1 fully saturated rings. The lowest BCUT2D eigenvalue weighted by molar-refractivity contribution is -0.126. The molecule has 150 valence electrons. The normalized spacial score (nSPS) is 18.0. The first-order valence-corrected chi connectivity index (χ1v) is 11.3. The smallest absolute Gasteiger partial charge is 0.244 e. The zero-order valence-corrected chi connectivity index (χ0v) is 17.8. The van der Waals surface area contributed by atoms with E-state index in [4.69, 9.17) is 23.2 Å². The van der Waals surface area contributed by atoms with Gasteiger partial charge in [-0.05, 0) is 43.5 Å². The van der Waals surface area contributed by atoms with E-state index in [0.29, 0.717) is 31.0 Å². The number of aryl methyl sites for hydroxylation is 1. The second kappa shape index (κ2) is 8.82. The SMILES string of the molecule is Cc1cccc(CNC(=O)[C@@H]2CCCN(S(=O)(=O)c3cc(Cl)ccc3Cl)C2)c1. The fourth-order valence-corrected chi connectivity index (χ4v) is 5.61. The molecule has 0 spiro atoms. The van der Waals surface area contributed by atoms with Gasteiger partial charge in [-0.2, -0.15) is 4.31 Å². The van der Waals surface area contributed by atoms with E-state index < -0.39 is 15.9 Å². The maximum atomic E-state index is 13.0. The van der Waals surface area contributed by atoms with Crippen LogP contribution in [0.1, 0.15) is 24.0 Å². The number of halogens is 2. The van der Waals surface area contributed by atoms with Crippen LogP contribution in [0.4, 0.5) is 0 Å². The molecule has 1 aliphatic heterocycles. The molecule has 1 heterocycles. The average Bonchev–Trinajstić information content (AvgIpc) is 2.68. The van der Waals surface area contributed by atoms with Crippen LogP contribution in [0.15, 0.2) is 47.4 Å². The number of benzene rings is 2. The Hall–Kier alpha value is -1.60. The predicted molar refractivity (Wildman–Crippen MR) is 111 cm³/mol. The molecule has 1 atom stereocenters. The van der Waals surface area contributed by atoms with E-state index in [1.54, 1.807) is 6.07 Å². The number of carbonyl (C=O) groups is 1. The number of nitrogens with zero attached hydrogens (tertiary/aromatic N) is 1. The fourth-order valence-electron chi connectivity index (χ4n) is 3.34. The summed E-state index contributed by atoms with van der Waals surface area (Å²) in [6.07, 6.45) is 1.26. The minimum Gasteiger partial charge on any atom is -0.352 e. The van der Waals surface area contributed by atoms with E-state index in [1.165, 1.54) is 16.4 Å². The summed E-state index contributed by atoms with van der Waals surface area (Å²) in [4.78, 5) is 12.6. The Labute approximate surface area is 175 Å². The van der Waals surface area contributed by atoms with Crippen LogP contribution < -0.4 is 5.32 Å². The first kappa shape index (κ1) is 21.1. The van der Waals surface area contributed by atoms with Gasteiger partial charge in [-0.1, -0.05) is 53.0 Å². The van der Waals surface area contributed by atoms with Crippen LogP contribution in [0.5, 0.6) is 0 Å². The summed E-state index contributed by atoms with van der Waals surface area (Å²) < 4.78 is 27.3. The Morgan fingerprint density at radius 1 is 1.21 bits per heavy atom. The highest BCUT2D eigenvalue weighted by atomic mass is 35.5. The maximum Gasteiger partial charge on any atom is 0.244 e. The number of hydrogen-bond donors (Lipinski definition) is 1. The molecule has 1 aliphatic rings. The molecule has 3 rings (SSSR count). The minimum absolute atomic E-state index is 0.0255. The number of sulfonamides is 1. The van der Waals surface area contributed by atoms with Gasteiger partial charge in [-0.3, -0.25) is 4.79 Å². The summed E-state index contributed by atoms with van der Waals surface area (Å²) in [5.41, 5.74) is 2.14. The molecular formula is C20H22Cl2N2O3S. The highest BCUT2D eigenvalue weighted by Gasteiger charge is 2.34. The second-order valence-electron chi connectivity index (χ2n) is 6.98. The van der Waals surface area contributed by atoms with Gasteiger partial charge in [0.15, 0.2) is 0 Å². The van der Waals surface area contributed by atoms with E-state index in [1.807, 2.05) is 31.2 Å². The second-order valence-corrected chi connectivity index (χ2v) is 9.73. The molecule has 0 unspecified atom stereocenters. The lowest BCUT2D eigenvalue weighted by Gasteiger charge is -2.31. The molecule has 2 aromatic carbocycles. The van der Waals surface area contributed by atoms with Gasteiger partial charge in [0.05, 0.1) is 10.9 Å². The zero-order valence-electron chi connectivity index (χ0n) is 15.5. The van der Waals surface area contributed by atoms with Crippen LogP contribution in [-0.2, 0) is 21.4 Å². The number of carbonyl (C=O) groups excluding carboxylic acids is 1. The summed E-state index contributed by atoms with van der Waals surface area (Å²) in [6.45, 7) is 2.90. The molecule has 0 aliphatic carbocycles.